The molecule has 2 aromatic rings. The number of nitrogens with zero attached hydrogens (tertiary/aromatic N) is 4. The molecule has 0 unspecified atom stereocenters. The smallest absolute Gasteiger partial charge is 0.0948 e. The largest absolute Gasteiger partial charge is 0.371 e. The first kappa shape index (κ1) is 11.3. The lowest BCUT2D eigenvalue weighted by molar-refractivity contribution is 0.396. The van der Waals surface area contributed by atoms with Crippen molar-refractivity contribution in [1.82, 2.24) is 14.5 Å². The van der Waals surface area contributed by atoms with Crippen LogP contribution in [0.3, 0.4) is 0 Å². The van der Waals surface area contributed by atoms with E-state index in [0.29, 0.717) is 6.04 Å². The van der Waals surface area contributed by atoms with Gasteiger partial charge in [-0.2, -0.15) is 0 Å². The van der Waals surface area contributed by atoms with E-state index in [2.05, 4.69) is 37.8 Å². The van der Waals surface area contributed by atoms with Crippen LogP contribution in [0.2, 0.25) is 0 Å². The summed E-state index contributed by atoms with van der Waals surface area (Å²) in [6.45, 7) is 4.25. The summed E-state index contributed by atoms with van der Waals surface area (Å²) < 4.78 is 2.23. The van der Waals surface area contributed by atoms with Crippen LogP contribution in [0.1, 0.15) is 24.6 Å². The zero-order chi connectivity index (χ0) is 12.4. The zero-order valence-electron chi connectivity index (χ0n) is 10.7. The fraction of sp³-hybridized carbons (Fsp3) is 0.429. The van der Waals surface area contributed by atoms with Crippen molar-refractivity contribution in [1.29, 1.82) is 0 Å². The predicted octanol–water partition coefficient (Wildman–Crippen LogP) is 2.43. The lowest BCUT2D eigenvalue weighted by Gasteiger charge is -2.34. The molecule has 0 spiro atoms. The highest BCUT2D eigenvalue weighted by Gasteiger charge is 2.20. The third kappa shape index (κ3) is 2.23. The summed E-state index contributed by atoms with van der Waals surface area (Å²) in [5.74, 6) is 0. The van der Waals surface area contributed by atoms with Crippen molar-refractivity contribution >= 4 is 5.69 Å². The zero-order valence-corrected chi connectivity index (χ0v) is 10.7. The van der Waals surface area contributed by atoms with Crippen molar-refractivity contribution < 1.29 is 0 Å². The van der Waals surface area contributed by atoms with Gasteiger partial charge in [0.1, 0.15) is 0 Å². The average molecular weight is 242 g/mol. The molecular weight excluding hydrogens is 224 g/mol. The molecule has 1 saturated heterocycles. The first-order valence-electron chi connectivity index (χ1n) is 6.48. The van der Waals surface area contributed by atoms with Crippen LogP contribution in [-0.2, 0) is 0 Å². The number of pyridine rings is 1. The monoisotopic (exact) mass is 242 g/mol. The second kappa shape index (κ2) is 4.80. The van der Waals surface area contributed by atoms with Crippen LogP contribution in [0.5, 0.6) is 0 Å². The van der Waals surface area contributed by atoms with Crippen molar-refractivity contribution in [3.8, 4) is 0 Å². The molecule has 0 atom stereocenters. The molecule has 1 fully saturated rings. The number of piperidine rings is 1. The van der Waals surface area contributed by atoms with Crippen molar-refractivity contribution in [2.24, 2.45) is 0 Å². The van der Waals surface area contributed by atoms with Gasteiger partial charge in [0.2, 0.25) is 0 Å². The van der Waals surface area contributed by atoms with Crippen LogP contribution in [0.25, 0.3) is 0 Å². The molecule has 0 bridgehead atoms. The Bertz CT molecular complexity index is 498. The van der Waals surface area contributed by atoms with Gasteiger partial charge in [-0.05, 0) is 31.9 Å². The Hall–Kier alpha value is -1.84. The number of aromatic nitrogens is 3. The normalized spacial score (nSPS) is 17.1. The molecular formula is C14H18N4. The highest BCUT2D eigenvalue weighted by Crippen LogP contribution is 2.26. The maximum Gasteiger partial charge on any atom is 0.0948 e. The number of aryl methyl sites for hydroxylation is 1. The third-order valence-corrected chi connectivity index (χ3v) is 3.66. The van der Waals surface area contributed by atoms with E-state index < -0.39 is 0 Å². The molecule has 0 saturated carbocycles. The predicted molar refractivity (Wildman–Crippen MR) is 71.7 cm³/mol. The second-order valence-corrected chi connectivity index (χ2v) is 4.88. The highest BCUT2D eigenvalue weighted by molar-refractivity contribution is 5.46. The molecule has 0 aromatic carbocycles. The van der Waals surface area contributed by atoms with Crippen LogP contribution >= 0.6 is 0 Å². The molecule has 0 amide bonds. The Morgan fingerprint density at radius 2 is 2.06 bits per heavy atom. The summed E-state index contributed by atoms with van der Waals surface area (Å²) in [4.78, 5) is 10.8. The van der Waals surface area contributed by atoms with Gasteiger partial charge in [0.15, 0.2) is 0 Å². The molecule has 4 nitrogen and oxygen atoms in total. The Labute approximate surface area is 107 Å². The molecule has 3 rings (SSSR count). The van der Waals surface area contributed by atoms with E-state index in [4.69, 9.17) is 0 Å². The van der Waals surface area contributed by atoms with Gasteiger partial charge in [0, 0.05) is 49.1 Å². The van der Waals surface area contributed by atoms with E-state index in [0.717, 1.165) is 18.8 Å². The standard InChI is InChI=1S/C14H18N4/c1-12-10-14(2-5-16-12)17-7-3-13(4-8-17)18-9-6-15-11-18/h2,5-6,9-11,13H,3-4,7-8H2,1H3. The number of anilines is 1. The first-order valence-corrected chi connectivity index (χ1v) is 6.48. The Morgan fingerprint density at radius 3 is 2.72 bits per heavy atom. The molecule has 0 N–H and O–H groups in total. The van der Waals surface area contributed by atoms with E-state index in [1.54, 1.807) is 0 Å². The van der Waals surface area contributed by atoms with E-state index in [9.17, 15) is 0 Å². The fourth-order valence-corrected chi connectivity index (χ4v) is 2.63. The van der Waals surface area contributed by atoms with Gasteiger partial charge in [-0.25, -0.2) is 4.98 Å². The van der Waals surface area contributed by atoms with Gasteiger partial charge < -0.3 is 9.47 Å². The van der Waals surface area contributed by atoms with Gasteiger partial charge in [-0.3, -0.25) is 4.98 Å². The molecule has 1 aliphatic heterocycles. The minimum absolute atomic E-state index is 0.603. The molecule has 0 aliphatic carbocycles. The minimum Gasteiger partial charge on any atom is -0.371 e. The van der Waals surface area contributed by atoms with Crippen LogP contribution in [0, 0.1) is 6.92 Å². The number of rotatable bonds is 2. The second-order valence-electron chi connectivity index (χ2n) is 4.88. The van der Waals surface area contributed by atoms with Gasteiger partial charge in [0.05, 0.1) is 6.33 Å². The van der Waals surface area contributed by atoms with Gasteiger partial charge >= 0.3 is 0 Å². The maximum atomic E-state index is 4.25. The lowest BCUT2D eigenvalue weighted by atomic mass is 10.0. The van der Waals surface area contributed by atoms with Gasteiger partial charge in [-0.1, -0.05) is 0 Å². The molecule has 3 heterocycles. The van der Waals surface area contributed by atoms with E-state index in [-0.39, 0.29) is 0 Å². The number of hydrogen-bond acceptors (Lipinski definition) is 3. The van der Waals surface area contributed by atoms with Crippen molar-refractivity contribution in [2.45, 2.75) is 25.8 Å². The third-order valence-electron chi connectivity index (χ3n) is 3.66. The molecule has 0 radical (unpaired) electrons. The topological polar surface area (TPSA) is 34.0 Å². The maximum absolute atomic E-state index is 4.25. The molecule has 2 aromatic heterocycles. The Balaban J connectivity index is 1.67. The van der Waals surface area contributed by atoms with Crippen LogP contribution < -0.4 is 4.90 Å². The Morgan fingerprint density at radius 1 is 1.22 bits per heavy atom. The van der Waals surface area contributed by atoms with Crippen molar-refractivity contribution in [3.63, 3.8) is 0 Å². The fourth-order valence-electron chi connectivity index (χ4n) is 2.63. The van der Waals surface area contributed by atoms with Crippen LogP contribution in [0.15, 0.2) is 37.1 Å². The summed E-state index contributed by atoms with van der Waals surface area (Å²) in [7, 11) is 0. The van der Waals surface area contributed by atoms with E-state index in [1.165, 1.54) is 18.5 Å². The summed E-state index contributed by atoms with van der Waals surface area (Å²) in [5, 5.41) is 0. The SMILES string of the molecule is Cc1cc(N2CCC(n3ccnc3)CC2)ccn1. The summed E-state index contributed by atoms with van der Waals surface area (Å²) in [6, 6.07) is 4.87. The van der Waals surface area contributed by atoms with E-state index >= 15 is 0 Å². The Kier molecular flexibility index (Phi) is 3.00. The van der Waals surface area contributed by atoms with Gasteiger partial charge in [-0.15, -0.1) is 0 Å². The quantitative estimate of drug-likeness (QED) is 0.811. The molecule has 94 valence electrons. The first-order chi connectivity index (χ1) is 8.83. The summed E-state index contributed by atoms with van der Waals surface area (Å²) >= 11 is 0. The van der Waals surface area contributed by atoms with Crippen LogP contribution in [0.4, 0.5) is 5.69 Å². The molecule has 18 heavy (non-hydrogen) atoms. The minimum atomic E-state index is 0.603. The van der Waals surface area contributed by atoms with Crippen molar-refractivity contribution in [3.05, 3.63) is 42.7 Å². The lowest BCUT2D eigenvalue weighted by Crippen LogP contribution is -2.34. The van der Waals surface area contributed by atoms with Crippen LogP contribution in [-0.4, -0.2) is 27.6 Å². The van der Waals surface area contributed by atoms with Gasteiger partial charge in [0.25, 0.3) is 0 Å². The average Bonchev–Trinajstić information content (AvgIpc) is 2.93. The molecule has 1 aliphatic rings. The van der Waals surface area contributed by atoms with E-state index in [1.807, 2.05) is 25.6 Å². The van der Waals surface area contributed by atoms with Crippen molar-refractivity contribution in [2.75, 3.05) is 18.0 Å². The summed E-state index contributed by atoms with van der Waals surface area (Å²) in [5.41, 5.74) is 2.39. The highest BCUT2D eigenvalue weighted by atomic mass is 15.2. The number of imidazole rings is 1. The summed E-state index contributed by atoms with van der Waals surface area (Å²) in [6.07, 6.45) is 10.1. The number of hydrogen-bond donors (Lipinski definition) is 0. The molecule has 4 heteroatoms.